The summed E-state index contributed by atoms with van der Waals surface area (Å²) < 4.78 is 23.1. The number of benzene rings is 1. The Labute approximate surface area is 127 Å². The highest BCUT2D eigenvalue weighted by atomic mass is 35.5. The van der Waals surface area contributed by atoms with Crippen molar-refractivity contribution in [1.29, 1.82) is 0 Å². The van der Waals surface area contributed by atoms with Gasteiger partial charge in [0.1, 0.15) is 0 Å². The molecule has 2 aliphatic heterocycles. The highest BCUT2D eigenvalue weighted by Gasteiger charge is 2.35. The number of carbonyl (C=O) groups is 1. The summed E-state index contributed by atoms with van der Waals surface area (Å²) in [5, 5.41) is 2.75. The summed E-state index contributed by atoms with van der Waals surface area (Å²) in [5.41, 5.74) is 2.29. The maximum Gasteiger partial charge on any atom is 0.228 e. The summed E-state index contributed by atoms with van der Waals surface area (Å²) in [6, 6.07) is 3.51. The lowest BCUT2D eigenvalue weighted by Gasteiger charge is -2.18. The maximum atomic E-state index is 11.5. The van der Waals surface area contributed by atoms with E-state index in [1.165, 1.54) is 0 Å². The van der Waals surface area contributed by atoms with E-state index in [2.05, 4.69) is 5.32 Å². The predicted octanol–water partition coefficient (Wildman–Crippen LogP) is 2.55. The number of fused-ring (bicyclic) bond motifs is 1. The number of anilines is 1. The summed E-state index contributed by atoms with van der Waals surface area (Å²) in [4.78, 5) is 11.4. The standard InChI is InChI=1S/C13H13Cl2NO3S/c14-10-5-11-8(4-12(17)16-11)3-9(10)13(15)7-1-2-20(18,19)6-7/h3,5,7,13H,1-2,4,6H2,(H,16,17). The first kappa shape index (κ1) is 14.2. The molecular formula is C13H13Cl2NO3S. The average Bonchev–Trinajstić information content (AvgIpc) is 2.88. The number of carbonyl (C=O) groups excluding carboxylic acids is 1. The second-order valence-corrected chi connectivity index (χ2v) is 8.43. The number of alkyl halides is 1. The minimum atomic E-state index is -2.98. The van der Waals surface area contributed by atoms with Gasteiger partial charge in [0.2, 0.25) is 5.91 Å². The number of sulfone groups is 1. The molecule has 1 aromatic rings. The zero-order valence-corrected chi connectivity index (χ0v) is 12.9. The van der Waals surface area contributed by atoms with E-state index < -0.39 is 15.2 Å². The highest BCUT2D eigenvalue weighted by Crippen LogP contribution is 2.41. The maximum absolute atomic E-state index is 11.5. The molecule has 1 saturated heterocycles. The van der Waals surface area contributed by atoms with Crippen LogP contribution < -0.4 is 5.32 Å². The molecule has 3 rings (SSSR count). The van der Waals surface area contributed by atoms with Crippen LogP contribution >= 0.6 is 23.2 Å². The average molecular weight is 334 g/mol. The number of amides is 1. The molecule has 2 unspecified atom stereocenters. The molecule has 1 fully saturated rings. The topological polar surface area (TPSA) is 63.2 Å². The Kier molecular flexibility index (Phi) is 3.47. The Morgan fingerprint density at radius 3 is 2.75 bits per heavy atom. The first-order chi connectivity index (χ1) is 9.35. The van der Waals surface area contributed by atoms with Crippen molar-refractivity contribution in [1.82, 2.24) is 0 Å². The second kappa shape index (κ2) is 4.90. The summed E-state index contributed by atoms with van der Waals surface area (Å²) in [6.45, 7) is 0. The molecule has 0 radical (unpaired) electrons. The molecule has 7 heteroatoms. The van der Waals surface area contributed by atoms with E-state index in [0.29, 0.717) is 29.1 Å². The van der Waals surface area contributed by atoms with Crippen LogP contribution in [-0.2, 0) is 21.1 Å². The molecular weight excluding hydrogens is 321 g/mol. The van der Waals surface area contributed by atoms with Crippen molar-refractivity contribution in [2.45, 2.75) is 18.2 Å². The molecule has 20 heavy (non-hydrogen) atoms. The van der Waals surface area contributed by atoms with E-state index in [-0.39, 0.29) is 23.3 Å². The normalized spacial score (nSPS) is 25.3. The monoisotopic (exact) mass is 333 g/mol. The molecule has 2 atom stereocenters. The van der Waals surface area contributed by atoms with Gasteiger partial charge in [-0.05, 0) is 29.5 Å². The molecule has 1 aromatic carbocycles. The van der Waals surface area contributed by atoms with E-state index in [4.69, 9.17) is 23.2 Å². The SMILES string of the molecule is O=C1Cc2cc(C(Cl)C3CCS(=O)(=O)C3)c(Cl)cc2N1. The van der Waals surface area contributed by atoms with Gasteiger partial charge in [-0.3, -0.25) is 4.79 Å². The van der Waals surface area contributed by atoms with E-state index in [1.54, 1.807) is 6.07 Å². The van der Waals surface area contributed by atoms with Gasteiger partial charge in [-0.2, -0.15) is 0 Å². The summed E-state index contributed by atoms with van der Waals surface area (Å²) in [7, 11) is -2.98. The van der Waals surface area contributed by atoms with Crippen LogP contribution in [0.15, 0.2) is 12.1 Å². The molecule has 108 valence electrons. The third kappa shape index (κ3) is 2.54. The van der Waals surface area contributed by atoms with E-state index in [1.807, 2.05) is 6.07 Å². The molecule has 4 nitrogen and oxygen atoms in total. The number of hydrogen-bond donors (Lipinski definition) is 1. The molecule has 1 N–H and O–H groups in total. The van der Waals surface area contributed by atoms with E-state index in [0.717, 1.165) is 5.56 Å². The Hall–Kier alpha value is -0.780. The lowest BCUT2D eigenvalue weighted by atomic mass is 9.96. The Morgan fingerprint density at radius 1 is 1.35 bits per heavy atom. The third-order valence-corrected chi connectivity index (χ3v) is 6.54. The lowest BCUT2D eigenvalue weighted by Crippen LogP contribution is -2.11. The zero-order chi connectivity index (χ0) is 14.5. The third-order valence-electron chi connectivity index (χ3n) is 3.83. The van der Waals surface area contributed by atoms with Gasteiger partial charge >= 0.3 is 0 Å². The summed E-state index contributed by atoms with van der Waals surface area (Å²) in [6.07, 6.45) is 0.868. The molecule has 1 amide bonds. The van der Waals surface area contributed by atoms with Crippen LogP contribution in [0, 0.1) is 5.92 Å². The van der Waals surface area contributed by atoms with Crippen molar-refractivity contribution in [2.75, 3.05) is 16.8 Å². The fourth-order valence-corrected chi connectivity index (χ4v) is 5.47. The largest absolute Gasteiger partial charge is 0.325 e. The minimum Gasteiger partial charge on any atom is -0.325 e. The molecule has 0 aliphatic carbocycles. The van der Waals surface area contributed by atoms with Gasteiger partial charge in [0.25, 0.3) is 0 Å². The fraction of sp³-hybridized carbons (Fsp3) is 0.462. The van der Waals surface area contributed by atoms with Gasteiger partial charge in [0, 0.05) is 10.7 Å². The Balaban J connectivity index is 1.91. The van der Waals surface area contributed by atoms with Gasteiger partial charge in [-0.25, -0.2) is 8.42 Å². The van der Waals surface area contributed by atoms with E-state index in [9.17, 15) is 13.2 Å². The van der Waals surface area contributed by atoms with Crippen LogP contribution in [0.1, 0.15) is 22.9 Å². The van der Waals surface area contributed by atoms with Crippen LogP contribution in [-0.4, -0.2) is 25.8 Å². The van der Waals surface area contributed by atoms with E-state index >= 15 is 0 Å². The second-order valence-electron chi connectivity index (χ2n) is 5.32. The van der Waals surface area contributed by atoms with Gasteiger partial charge in [-0.1, -0.05) is 17.7 Å². The van der Waals surface area contributed by atoms with Crippen LogP contribution in [0.5, 0.6) is 0 Å². The van der Waals surface area contributed by atoms with Crippen molar-refractivity contribution >= 4 is 44.6 Å². The minimum absolute atomic E-state index is 0.0669. The fourth-order valence-electron chi connectivity index (χ4n) is 2.79. The predicted molar refractivity (Wildman–Crippen MR) is 79.1 cm³/mol. The lowest BCUT2D eigenvalue weighted by molar-refractivity contribution is -0.115. The zero-order valence-electron chi connectivity index (χ0n) is 10.5. The first-order valence-electron chi connectivity index (χ1n) is 6.32. The van der Waals surface area contributed by atoms with Crippen LogP contribution in [0.3, 0.4) is 0 Å². The molecule has 0 saturated carbocycles. The Morgan fingerprint density at radius 2 is 2.10 bits per heavy atom. The van der Waals surface area contributed by atoms with Crippen molar-refractivity contribution in [3.63, 3.8) is 0 Å². The number of halogens is 2. The van der Waals surface area contributed by atoms with Gasteiger partial charge in [0.05, 0.1) is 23.3 Å². The van der Waals surface area contributed by atoms with Crippen LogP contribution in [0.25, 0.3) is 0 Å². The summed E-state index contributed by atoms with van der Waals surface area (Å²) >= 11 is 12.6. The van der Waals surface area contributed by atoms with Gasteiger partial charge < -0.3 is 5.32 Å². The molecule has 0 spiro atoms. The number of rotatable bonds is 2. The number of nitrogens with one attached hydrogen (secondary N) is 1. The smallest absolute Gasteiger partial charge is 0.228 e. The highest BCUT2D eigenvalue weighted by molar-refractivity contribution is 7.91. The Bertz CT molecular complexity index is 687. The summed E-state index contributed by atoms with van der Waals surface area (Å²) in [5.74, 6) is 0.0972. The van der Waals surface area contributed by atoms with Crippen LogP contribution in [0.2, 0.25) is 5.02 Å². The molecule has 2 aliphatic rings. The van der Waals surface area contributed by atoms with Crippen molar-refractivity contribution < 1.29 is 13.2 Å². The van der Waals surface area contributed by atoms with Gasteiger partial charge in [0.15, 0.2) is 9.84 Å². The molecule has 0 bridgehead atoms. The van der Waals surface area contributed by atoms with Crippen molar-refractivity contribution in [2.24, 2.45) is 5.92 Å². The van der Waals surface area contributed by atoms with Crippen molar-refractivity contribution in [3.05, 3.63) is 28.3 Å². The first-order valence-corrected chi connectivity index (χ1v) is 8.96. The number of hydrogen-bond acceptors (Lipinski definition) is 3. The van der Waals surface area contributed by atoms with Crippen LogP contribution in [0.4, 0.5) is 5.69 Å². The molecule has 0 aromatic heterocycles. The molecule has 2 heterocycles. The van der Waals surface area contributed by atoms with Crippen molar-refractivity contribution in [3.8, 4) is 0 Å². The quantitative estimate of drug-likeness (QED) is 0.846. The van der Waals surface area contributed by atoms with Gasteiger partial charge in [-0.15, -0.1) is 11.6 Å².